The van der Waals surface area contributed by atoms with E-state index >= 15 is 0 Å². The number of nitrogens with one attached hydrogen (secondary N) is 1. The quantitative estimate of drug-likeness (QED) is 0.874. The summed E-state index contributed by atoms with van der Waals surface area (Å²) in [7, 11) is 3.56. The molecule has 4 heteroatoms. The van der Waals surface area contributed by atoms with Crippen molar-refractivity contribution < 1.29 is 9.53 Å². The standard InChI is InChI=1S/C17H26N2O2/c1-13-10-15(4-6-16(13)21-3)12-19(2)17(20)7-5-14-8-9-18-11-14/h4,6,10,14,18H,5,7-9,11-12H2,1-3H3. The van der Waals surface area contributed by atoms with E-state index in [0.717, 1.165) is 36.4 Å². The molecule has 1 N–H and O–H groups in total. The Hall–Kier alpha value is -1.55. The molecule has 1 amide bonds. The number of hydrogen-bond acceptors (Lipinski definition) is 3. The number of ether oxygens (including phenoxy) is 1. The highest BCUT2D eigenvalue weighted by Gasteiger charge is 2.17. The zero-order valence-corrected chi connectivity index (χ0v) is 13.3. The van der Waals surface area contributed by atoms with Crippen LogP contribution >= 0.6 is 0 Å². The Morgan fingerprint density at radius 3 is 2.90 bits per heavy atom. The zero-order valence-electron chi connectivity index (χ0n) is 13.3. The molecule has 2 rings (SSSR count). The van der Waals surface area contributed by atoms with Gasteiger partial charge < -0.3 is 15.0 Å². The number of nitrogens with zero attached hydrogens (tertiary/aromatic N) is 1. The fourth-order valence-corrected chi connectivity index (χ4v) is 2.88. The van der Waals surface area contributed by atoms with Crippen molar-refractivity contribution in [3.8, 4) is 5.75 Å². The third kappa shape index (κ3) is 4.46. The van der Waals surface area contributed by atoms with Crippen molar-refractivity contribution in [3.05, 3.63) is 29.3 Å². The van der Waals surface area contributed by atoms with Gasteiger partial charge in [-0.1, -0.05) is 12.1 Å². The van der Waals surface area contributed by atoms with Gasteiger partial charge in [0.25, 0.3) is 0 Å². The predicted molar refractivity (Wildman–Crippen MR) is 84.4 cm³/mol. The summed E-state index contributed by atoms with van der Waals surface area (Å²) >= 11 is 0. The Balaban J connectivity index is 1.83. The molecule has 0 bridgehead atoms. The average molecular weight is 290 g/mol. The minimum absolute atomic E-state index is 0.232. The van der Waals surface area contributed by atoms with E-state index in [2.05, 4.69) is 11.4 Å². The van der Waals surface area contributed by atoms with Gasteiger partial charge in [-0.25, -0.2) is 0 Å². The number of carbonyl (C=O) groups excluding carboxylic acids is 1. The summed E-state index contributed by atoms with van der Waals surface area (Å²) in [6, 6.07) is 6.08. The first-order chi connectivity index (χ1) is 10.1. The lowest BCUT2D eigenvalue weighted by Gasteiger charge is -2.19. The summed E-state index contributed by atoms with van der Waals surface area (Å²) in [5.41, 5.74) is 2.25. The highest BCUT2D eigenvalue weighted by atomic mass is 16.5. The lowest BCUT2D eigenvalue weighted by molar-refractivity contribution is -0.130. The van der Waals surface area contributed by atoms with Crippen LogP contribution in [0.1, 0.15) is 30.4 Å². The Morgan fingerprint density at radius 1 is 1.48 bits per heavy atom. The summed E-state index contributed by atoms with van der Waals surface area (Å²) in [5, 5.41) is 3.35. The molecule has 1 unspecified atom stereocenters. The van der Waals surface area contributed by atoms with Gasteiger partial charge in [0, 0.05) is 20.0 Å². The normalized spacial score (nSPS) is 17.8. The largest absolute Gasteiger partial charge is 0.496 e. The topological polar surface area (TPSA) is 41.6 Å². The van der Waals surface area contributed by atoms with Gasteiger partial charge in [-0.2, -0.15) is 0 Å². The average Bonchev–Trinajstić information content (AvgIpc) is 2.98. The molecular weight excluding hydrogens is 264 g/mol. The molecule has 1 fully saturated rings. The molecule has 0 radical (unpaired) electrons. The Kier molecular flexibility index (Phi) is 5.62. The SMILES string of the molecule is COc1ccc(CN(C)C(=O)CCC2CCNC2)cc1C. The van der Waals surface area contributed by atoms with Crippen molar-refractivity contribution in [1.82, 2.24) is 10.2 Å². The van der Waals surface area contributed by atoms with Crippen LogP contribution in [0, 0.1) is 12.8 Å². The van der Waals surface area contributed by atoms with Crippen LogP contribution in [0.2, 0.25) is 0 Å². The molecule has 1 heterocycles. The maximum Gasteiger partial charge on any atom is 0.222 e. The first kappa shape index (κ1) is 15.8. The lowest BCUT2D eigenvalue weighted by Crippen LogP contribution is -2.26. The van der Waals surface area contributed by atoms with Crippen molar-refractivity contribution in [2.24, 2.45) is 5.92 Å². The van der Waals surface area contributed by atoms with Crippen molar-refractivity contribution >= 4 is 5.91 Å². The van der Waals surface area contributed by atoms with Gasteiger partial charge in [-0.15, -0.1) is 0 Å². The molecule has 0 aliphatic carbocycles. The van der Waals surface area contributed by atoms with E-state index in [1.807, 2.05) is 31.0 Å². The molecule has 4 nitrogen and oxygen atoms in total. The second-order valence-corrected chi connectivity index (χ2v) is 5.95. The number of hydrogen-bond donors (Lipinski definition) is 1. The van der Waals surface area contributed by atoms with Crippen LogP contribution < -0.4 is 10.1 Å². The van der Waals surface area contributed by atoms with Crippen LogP contribution in [-0.4, -0.2) is 38.1 Å². The third-order valence-electron chi connectivity index (χ3n) is 4.23. The van der Waals surface area contributed by atoms with Gasteiger partial charge >= 0.3 is 0 Å². The molecule has 1 aliphatic rings. The van der Waals surface area contributed by atoms with Gasteiger partial charge in [-0.05, 0) is 56.0 Å². The lowest BCUT2D eigenvalue weighted by atomic mass is 10.0. The Morgan fingerprint density at radius 2 is 2.29 bits per heavy atom. The number of carbonyl (C=O) groups is 1. The minimum atomic E-state index is 0.232. The summed E-state index contributed by atoms with van der Waals surface area (Å²) in [6.07, 6.45) is 2.85. The highest BCUT2D eigenvalue weighted by Crippen LogP contribution is 2.20. The van der Waals surface area contributed by atoms with Crippen molar-refractivity contribution in [2.75, 3.05) is 27.2 Å². The molecular formula is C17H26N2O2. The van der Waals surface area contributed by atoms with Gasteiger partial charge in [0.1, 0.15) is 5.75 Å². The smallest absolute Gasteiger partial charge is 0.222 e. The number of benzene rings is 1. The van der Waals surface area contributed by atoms with Gasteiger partial charge in [0.05, 0.1) is 7.11 Å². The van der Waals surface area contributed by atoms with Crippen LogP contribution in [0.15, 0.2) is 18.2 Å². The third-order valence-corrected chi connectivity index (χ3v) is 4.23. The van der Waals surface area contributed by atoms with Gasteiger partial charge in [-0.3, -0.25) is 4.79 Å². The monoisotopic (exact) mass is 290 g/mol. The molecule has 0 saturated carbocycles. The fraction of sp³-hybridized carbons (Fsp3) is 0.588. The fourth-order valence-electron chi connectivity index (χ4n) is 2.88. The molecule has 1 aromatic rings. The van der Waals surface area contributed by atoms with E-state index in [0.29, 0.717) is 18.9 Å². The molecule has 1 aromatic carbocycles. The molecule has 0 spiro atoms. The van der Waals surface area contributed by atoms with Crippen LogP contribution in [-0.2, 0) is 11.3 Å². The van der Waals surface area contributed by atoms with E-state index in [9.17, 15) is 4.79 Å². The summed E-state index contributed by atoms with van der Waals surface area (Å²) < 4.78 is 5.26. The van der Waals surface area contributed by atoms with E-state index in [4.69, 9.17) is 4.74 Å². The second kappa shape index (κ2) is 7.46. The molecule has 116 valence electrons. The van der Waals surface area contributed by atoms with Crippen molar-refractivity contribution in [3.63, 3.8) is 0 Å². The van der Waals surface area contributed by atoms with Crippen molar-refractivity contribution in [1.29, 1.82) is 0 Å². The molecule has 1 aliphatic heterocycles. The van der Waals surface area contributed by atoms with Crippen LogP contribution in [0.4, 0.5) is 0 Å². The van der Waals surface area contributed by atoms with Crippen LogP contribution in [0.25, 0.3) is 0 Å². The van der Waals surface area contributed by atoms with E-state index in [1.54, 1.807) is 7.11 Å². The maximum absolute atomic E-state index is 12.2. The summed E-state index contributed by atoms with van der Waals surface area (Å²) in [6.45, 7) is 4.85. The van der Waals surface area contributed by atoms with E-state index in [-0.39, 0.29) is 5.91 Å². The van der Waals surface area contributed by atoms with E-state index in [1.165, 1.54) is 6.42 Å². The molecule has 1 atom stereocenters. The number of methoxy groups -OCH3 is 1. The number of amides is 1. The van der Waals surface area contributed by atoms with Gasteiger partial charge in [0.15, 0.2) is 0 Å². The summed E-state index contributed by atoms with van der Waals surface area (Å²) in [4.78, 5) is 14.0. The molecule has 1 saturated heterocycles. The van der Waals surface area contributed by atoms with Crippen LogP contribution in [0.5, 0.6) is 5.75 Å². The molecule has 21 heavy (non-hydrogen) atoms. The number of aryl methyl sites for hydroxylation is 1. The second-order valence-electron chi connectivity index (χ2n) is 5.95. The zero-order chi connectivity index (χ0) is 15.2. The molecule has 0 aromatic heterocycles. The van der Waals surface area contributed by atoms with Crippen LogP contribution in [0.3, 0.4) is 0 Å². The summed E-state index contributed by atoms with van der Waals surface area (Å²) in [5.74, 6) is 1.79. The first-order valence-electron chi connectivity index (χ1n) is 7.68. The number of rotatable bonds is 6. The van der Waals surface area contributed by atoms with Gasteiger partial charge in [0.2, 0.25) is 5.91 Å². The Bertz CT molecular complexity index is 482. The highest BCUT2D eigenvalue weighted by molar-refractivity contribution is 5.75. The first-order valence-corrected chi connectivity index (χ1v) is 7.68. The Labute approximate surface area is 127 Å². The minimum Gasteiger partial charge on any atom is -0.496 e. The predicted octanol–water partition coefficient (Wildman–Crippen LogP) is 2.35. The maximum atomic E-state index is 12.2. The van der Waals surface area contributed by atoms with Crippen molar-refractivity contribution in [2.45, 2.75) is 32.7 Å². The van der Waals surface area contributed by atoms with E-state index < -0.39 is 0 Å².